The maximum atomic E-state index is 13.0. The van der Waals surface area contributed by atoms with Gasteiger partial charge in [-0.1, -0.05) is 22.6 Å². The molecule has 204 valence electrons. The molecule has 0 fully saturated rings. The molecule has 2 amide bonds. The fraction of sp³-hybridized carbons (Fsp3) is 0.333. The largest absolute Gasteiger partial charge is 0.433 e. The van der Waals surface area contributed by atoms with Gasteiger partial charge in [0.05, 0.1) is 30.8 Å². The Labute approximate surface area is 221 Å². The Morgan fingerprint density at radius 3 is 2.18 bits per heavy atom. The van der Waals surface area contributed by atoms with Gasteiger partial charge in [-0.25, -0.2) is 0 Å². The number of nitrogens with one attached hydrogen (secondary N) is 2. The lowest BCUT2D eigenvalue weighted by Crippen LogP contribution is -2.23. The molecule has 0 bridgehead atoms. The Morgan fingerprint density at radius 2 is 1.59 bits per heavy atom. The van der Waals surface area contributed by atoms with E-state index in [1.807, 2.05) is 0 Å². The molecule has 13 nitrogen and oxygen atoms in total. The van der Waals surface area contributed by atoms with Gasteiger partial charge in [0.25, 0.3) is 11.8 Å². The van der Waals surface area contributed by atoms with Crippen molar-refractivity contribution in [2.24, 2.45) is 0 Å². The minimum absolute atomic E-state index is 0.00366. The van der Waals surface area contributed by atoms with Crippen molar-refractivity contribution < 1.29 is 23.1 Å². The Hall–Kier alpha value is -4.82. The van der Waals surface area contributed by atoms with Crippen LogP contribution in [0.3, 0.4) is 0 Å². The van der Waals surface area contributed by atoms with E-state index in [0.29, 0.717) is 37.7 Å². The summed E-state index contributed by atoms with van der Waals surface area (Å²) in [6.07, 6.45) is 5.91. The number of halogens is 2. The lowest BCUT2D eigenvalue weighted by molar-refractivity contribution is -0.159. The van der Waals surface area contributed by atoms with Crippen molar-refractivity contribution in [3.63, 3.8) is 0 Å². The summed E-state index contributed by atoms with van der Waals surface area (Å²) in [5.41, 5.74) is 1.56. The maximum Gasteiger partial charge on any atom is 0.394 e. The molecule has 0 aliphatic heterocycles. The van der Waals surface area contributed by atoms with Crippen molar-refractivity contribution in [1.82, 2.24) is 50.6 Å². The van der Waals surface area contributed by atoms with Crippen LogP contribution in [0.15, 0.2) is 55.2 Å². The summed E-state index contributed by atoms with van der Waals surface area (Å²) in [6.45, 7) is 2.06. The minimum Gasteiger partial charge on any atom is -0.433 e. The second-order valence-electron chi connectivity index (χ2n) is 8.56. The number of alkyl halides is 2. The van der Waals surface area contributed by atoms with Crippen LogP contribution < -0.4 is 15.4 Å². The quantitative estimate of drug-likeness (QED) is 0.242. The number of carbonyl (C=O) groups excluding carboxylic acids is 2. The van der Waals surface area contributed by atoms with Crippen molar-refractivity contribution in [2.75, 3.05) is 0 Å². The third kappa shape index (κ3) is 8.62. The van der Waals surface area contributed by atoms with E-state index in [-0.39, 0.29) is 36.1 Å². The lowest BCUT2D eigenvalue weighted by atomic mass is 10.2. The van der Waals surface area contributed by atoms with Crippen molar-refractivity contribution in [3.05, 3.63) is 77.9 Å². The van der Waals surface area contributed by atoms with Crippen molar-refractivity contribution in [3.8, 4) is 5.75 Å². The molecule has 39 heavy (non-hydrogen) atoms. The number of aryl methyl sites for hydroxylation is 2. The number of hydrogen-bond donors (Lipinski definition) is 2. The second-order valence-corrected chi connectivity index (χ2v) is 8.56. The molecule has 2 N–H and O–H groups in total. The van der Waals surface area contributed by atoms with Crippen LogP contribution in [0.4, 0.5) is 8.78 Å². The average molecular weight is 541 g/mol. The van der Waals surface area contributed by atoms with Crippen LogP contribution in [0.25, 0.3) is 0 Å². The molecule has 0 atom stereocenters. The molecular formula is C24H26F2N10O3. The molecule has 0 aliphatic rings. The first kappa shape index (κ1) is 27.2. The zero-order valence-corrected chi connectivity index (χ0v) is 21.0. The number of hydrogen-bond acceptors (Lipinski definition) is 9. The minimum atomic E-state index is -3.30. The summed E-state index contributed by atoms with van der Waals surface area (Å²) in [6, 6.07) is 6.09. The molecule has 0 spiro atoms. The van der Waals surface area contributed by atoms with Gasteiger partial charge in [0.2, 0.25) is 0 Å². The molecule has 4 aromatic rings. The van der Waals surface area contributed by atoms with Crippen LogP contribution in [-0.2, 0) is 26.2 Å². The van der Waals surface area contributed by atoms with E-state index in [2.05, 4.69) is 46.0 Å². The summed E-state index contributed by atoms with van der Waals surface area (Å²) in [4.78, 5) is 32.7. The van der Waals surface area contributed by atoms with Gasteiger partial charge in [-0.05, 0) is 30.5 Å². The van der Waals surface area contributed by atoms with Gasteiger partial charge in [-0.15, -0.1) is 10.2 Å². The highest BCUT2D eigenvalue weighted by atomic mass is 19.3. The topological polar surface area (TPSA) is 155 Å². The Bertz CT molecular complexity index is 1390. The van der Waals surface area contributed by atoms with Crippen molar-refractivity contribution in [2.45, 2.75) is 52.1 Å². The fourth-order valence-corrected chi connectivity index (χ4v) is 3.45. The molecular weight excluding hydrogens is 514 g/mol. The van der Waals surface area contributed by atoms with Crippen molar-refractivity contribution >= 4 is 11.8 Å². The molecule has 0 unspecified atom stereocenters. The van der Waals surface area contributed by atoms with Crippen molar-refractivity contribution in [1.29, 1.82) is 0 Å². The monoisotopic (exact) mass is 540 g/mol. The van der Waals surface area contributed by atoms with Gasteiger partial charge in [0, 0.05) is 39.0 Å². The molecule has 1 aromatic carbocycles. The first-order valence-electron chi connectivity index (χ1n) is 12.0. The predicted molar refractivity (Wildman–Crippen MR) is 131 cm³/mol. The normalized spacial score (nSPS) is 11.3. The SMILES string of the molecule is CC(F)(F)Oc1cccc(CNC(=O)c2cn(CCCCn3cc(C(=O)NCc4cnccn4)nn3)nn2)c1. The van der Waals surface area contributed by atoms with Crippen LogP contribution >= 0.6 is 0 Å². The molecule has 0 radical (unpaired) electrons. The molecule has 0 saturated carbocycles. The number of unbranched alkanes of at least 4 members (excludes halogenated alkanes) is 1. The summed E-state index contributed by atoms with van der Waals surface area (Å²) < 4.78 is 33.8. The fourth-order valence-electron chi connectivity index (χ4n) is 3.45. The number of benzene rings is 1. The molecule has 0 saturated heterocycles. The van der Waals surface area contributed by atoms with E-state index in [1.165, 1.54) is 18.3 Å². The smallest absolute Gasteiger partial charge is 0.394 e. The highest BCUT2D eigenvalue weighted by molar-refractivity contribution is 5.92. The Morgan fingerprint density at radius 1 is 0.949 bits per heavy atom. The van der Waals surface area contributed by atoms with E-state index in [9.17, 15) is 18.4 Å². The van der Waals surface area contributed by atoms with Gasteiger partial charge in [-0.2, -0.15) is 8.78 Å². The number of ether oxygens (including phenoxy) is 1. The van der Waals surface area contributed by atoms with E-state index in [4.69, 9.17) is 0 Å². The summed E-state index contributed by atoms with van der Waals surface area (Å²) in [5, 5.41) is 21.1. The number of carbonyl (C=O) groups is 2. The number of aromatic nitrogens is 8. The van der Waals surface area contributed by atoms with Crippen LogP contribution in [0.2, 0.25) is 0 Å². The number of amides is 2. The standard InChI is InChI=1S/C24H26F2N10O3/c1-24(25,26)39-19-6-4-5-17(11-19)12-29-22(37)20-15-35(33-31-20)9-2-3-10-36-16-21(32-34-36)23(38)30-14-18-13-27-7-8-28-18/h4-8,11,13,15-16H,2-3,9-10,12,14H2,1H3,(H,29,37)(H,30,38). The molecule has 0 aliphatic carbocycles. The Balaban J connectivity index is 1.16. The van der Waals surface area contributed by atoms with E-state index < -0.39 is 12.0 Å². The highest BCUT2D eigenvalue weighted by Gasteiger charge is 2.23. The second kappa shape index (κ2) is 12.6. The zero-order valence-electron chi connectivity index (χ0n) is 21.0. The molecule has 4 rings (SSSR count). The van der Waals surface area contributed by atoms with E-state index in [1.54, 1.807) is 46.3 Å². The first-order valence-corrected chi connectivity index (χ1v) is 12.0. The molecule has 3 heterocycles. The highest BCUT2D eigenvalue weighted by Crippen LogP contribution is 2.21. The van der Waals surface area contributed by atoms with Gasteiger partial charge < -0.3 is 15.4 Å². The summed E-state index contributed by atoms with van der Waals surface area (Å²) in [5.74, 6) is -0.797. The Kier molecular flexibility index (Phi) is 8.81. The number of nitrogens with zero attached hydrogens (tertiary/aromatic N) is 8. The molecule has 15 heteroatoms. The lowest BCUT2D eigenvalue weighted by Gasteiger charge is -2.13. The van der Waals surface area contributed by atoms with Gasteiger partial charge >= 0.3 is 6.11 Å². The van der Waals surface area contributed by atoms with E-state index >= 15 is 0 Å². The summed E-state index contributed by atoms with van der Waals surface area (Å²) in [7, 11) is 0. The zero-order chi connectivity index (χ0) is 27.7. The molecule has 3 aromatic heterocycles. The van der Waals surface area contributed by atoms with Crippen LogP contribution in [0.5, 0.6) is 5.75 Å². The van der Waals surface area contributed by atoms with Gasteiger partial charge in [0.1, 0.15) is 5.75 Å². The third-order valence-electron chi connectivity index (χ3n) is 5.26. The number of rotatable bonds is 13. The van der Waals surface area contributed by atoms with E-state index in [0.717, 1.165) is 6.42 Å². The van der Waals surface area contributed by atoms with Crippen LogP contribution in [-0.4, -0.2) is 57.9 Å². The van der Waals surface area contributed by atoms with Gasteiger partial charge in [0.15, 0.2) is 11.4 Å². The van der Waals surface area contributed by atoms with Crippen LogP contribution in [0, 0.1) is 0 Å². The maximum absolute atomic E-state index is 13.0. The van der Waals surface area contributed by atoms with Crippen LogP contribution in [0.1, 0.15) is 52.0 Å². The summed E-state index contributed by atoms with van der Waals surface area (Å²) >= 11 is 0. The third-order valence-corrected chi connectivity index (χ3v) is 5.26. The first-order chi connectivity index (χ1) is 18.7. The van der Waals surface area contributed by atoms with Gasteiger partial charge in [-0.3, -0.25) is 28.9 Å². The average Bonchev–Trinajstić information content (AvgIpc) is 3.58. The predicted octanol–water partition coefficient (Wildman–Crippen LogP) is 1.99.